The highest BCUT2D eigenvalue weighted by Crippen LogP contribution is 2.31. The smallest absolute Gasteiger partial charge is 0.269 e. The quantitative estimate of drug-likeness (QED) is 0.391. The maximum atomic E-state index is 12.8. The standard InChI is InChI=1S/C23H17N3O5/c27-22-11-14(13-25(22)16-6-8-17(9-7-16)26(29)30)23(28)24-15-5-10-19-18-3-1-2-4-20(18)31-21(19)12-15/h1-10,12,14H,11,13H2,(H,24,28)/t14-/m0/s1. The van der Waals surface area contributed by atoms with E-state index < -0.39 is 10.8 Å². The number of fused-ring (bicyclic) bond motifs is 3. The normalized spacial score (nSPS) is 16.2. The van der Waals surface area contributed by atoms with Crippen molar-refractivity contribution < 1.29 is 18.9 Å². The summed E-state index contributed by atoms with van der Waals surface area (Å²) in [6.07, 6.45) is 0.0791. The summed E-state index contributed by atoms with van der Waals surface area (Å²) in [5.41, 5.74) is 2.54. The number of amides is 2. The zero-order valence-electron chi connectivity index (χ0n) is 16.3. The number of para-hydroxylation sites is 1. The van der Waals surface area contributed by atoms with Crippen LogP contribution in [0.4, 0.5) is 17.1 Å². The van der Waals surface area contributed by atoms with Gasteiger partial charge in [-0.2, -0.15) is 0 Å². The summed E-state index contributed by atoms with van der Waals surface area (Å²) in [5, 5.41) is 15.7. The van der Waals surface area contributed by atoms with E-state index >= 15 is 0 Å². The lowest BCUT2D eigenvalue weighted by atomic mass is 10.1. The lowest BCUT2D eigenvalue weighted by Gasteiger charge is -2.16. The van der Waals surface area contributed by atoms with Gasteiger partial charge in [-0.25, -0.2) is 0 Å². The number of benzene rings is 3. The van der Waals surface area contributed by atoms with Crippen molar-refractivity contribution in [2.24, 2.45) is 5.92 Å². The fourth-order valence-corrected chi connectivity index (χ4v) is 3.94. The Bertz CT molecular complexity index is 1340. The van der Waals surface area contributed by atoms with Crippen molar-refractivity contribution in [1.29, 1.82) is 0 Å². The summed E-state index contributed by atoms with van der Waals surface area (Å²) in [5.74, 6) is -0.968. The van der Waals surface area contributed by atoms with Crippen molar-refractivity contribution >= 4 is 50.8 Å². The van der Waals surface area contributed by atoms with E-state index in [0.717, 1.165) is 16.4 Å². The Morgan fingerprint density at radius 1 is 1.03 bits per heavy atom. The first-order valence-electron chi connectivity index (χ1n) is 9.76. The number of hydrogen-bond acceptors (Lipinski definition) is 5. The number of nitro groups is 1. The van der Waals surface area contributed by atoms with Gasteiger partial charge >= 0.3 is 0 Å². The molecule has 1 atom stereocenters. The van der Waals surface area contributed by atoms with Crippen LogP contribution in [0.25, 0.3) is 21.9 Å². The maximum Gasteiger partial charge on any atom is 0.269 e. The topological polar surface area (TPSA) is 106 Å². The molecule has 154 valence electrons. The van der Waals surface area contributed by atoms with E-state index in [1.54, 1.807) is 6.07 Å². The molecule has 1 saturated heterocycles. The number of anilines is 2. The third-order valence-electron chi connectivity index (χ3n) is 5.51. The molecule has 1 N–H and O–H groups in total. The lowest BCUT2D eigenvalue weighted by Crippen LogP contribution is -2.28. The number of nitrogens with one attached hydrogen (secondary N) is 1. The van der Waals surface area contributed by atoms with Gasteiger partial charge in [-0.3, -0.25) is 19.7 Å². The average Bonchev–Trinajstić information content (AvgIpc) is 3.34. The van der Waals surface area contributed by atoms with E-state index in [9.17, 15) is 19.7 Å². The molecule has 3 aromatic carbocycles. The van der Waals surface area contributed by atoms with Gasteiger partial charge in [-0.05, 0) is 30.3 Å². The number of carbonyl (C=O) groups excluding carboxylic acids is 2. The fourth-order valence-electron chi connectivity index (χ4n) is 3.94. The van der Waals surface area contributed by atoms with E-state index in [1.165, 1.54) is 29.2 Å². The van der Waals surface area contributed by atoms with Crippen molar-refractivity contribution in [3.8, 4) is 0 Å². The molecule has 1 aliphatic rings. The molecular weight excluding hydrogens is 398 g/mol. The number of nitrogens with zero attached hydrogens (tertiary/aromatic N) is 2. The Morgan fingerprint density at radius 2 is 1.77 bits per heavy atom. The summed E-state index contributed by atoms with van der Waals surface area (Å²) >= 11 is 0. The number of rotatable bonds is 4. The Morgan fingerprint density at radius 3 is 2.55 bits per heavy atom. The van der Waals surface area contributed by atoms with Crippen molar-refractivity contribution in [2.45, 2.75) is 6.42 Å². The Hall–Kier alpha value is -4.20. The monoisotopic (exact) mass is 415 g/mol. The van der Waals surface area contributed by atoms with Gasteiger partial charge in [0.05, 0.1) is 10.8 Å². The van der Waals surface area contributed by atoms with Gasteiger partial charge in [0.25, 0.3) is 5.69 Å². The van der Waals surface area contributed by atoms with Crippen LogP contribution in [0.5, 0.6) is 0 Å². The second-order valence-corrected chi connectivity index (χ2v) is 7.48. The first-order valence-corrected chi connectivity index (χ1v) is 9.76. The van der Waals surface area contributed by atoms with E-state index in [0.29, 0.717) is 17.0 Å². The highest BCUT2D eigenvalue weighted by Gasteiger charge is 2.35. The minimum atomic E-state index is -0.519. The SMILES string of the molecule is O=C(Nc1ccc2c(c1)oc1ccccc12)[C@H]1CC(=O)N(c2ccc([N+](=O)[O-])cc2)C1. The third-order valence-corrected chi connectivity index (χ3v) is 5.51. The summed E-state index contributed by atoms with van der Waals surface area (Å²) < 4.78 is 5.86. The first kappa shape index (κ1) is 18.8. The van der Waals surface area contributed by atoms with Gasteiger partial charge < -0.3 is 14.6 Å². The molecule has 1 aromatic heterocycles. The van der Waals surface area contributed by atoms with Crippen molar-refractivity contribution in [2.75, 3.05) is 16.8 Å². The van der Waals surface area contributed by atoms with Crippen LogP contribution in [0.1, 0.15) is 6.42 Å². The first-order chi connectivity index (χ1) is 15.0. The number of non-ortho nitro benzene ring substituents is 1. The molecule has 8 heteroatoms. The molecule has 4 aromatic rings. The van der Waals surface area contributed by atoms with Crippen LogP contribution in [0, 0.1) is 16.0 Å². The van der Waals surface area contributed by atoms with Gasteiger partial charge in [-0.15, -0.1) is 0 Å². The third kappa shape index (κ3) is 3.38. The highest BCUT2D eigenvalue weighted by molar-refractivity contribution is 6.07. The zero-order chi connectivity index (χ0) is 21.5. The predicted molar refractivity (Wildman–Crippen MR) is 116 cm³/mol. The van der Waals surface area contributed by atoms with E-state index in [-0.39, 0.29) is 30.5 Å². The molecule has 0 radical (unpaired) electrons. The molecule has 0 saturated carbocycles. The Kier molecular flexibility index (Phi) is 4.39. The minimum Gasteiger partial charge on any atom is -0.456 e. The largest absolute Gasteiger partial charge is 0.456 e. The van der Waals surface area contributed by atoms with Gasteiger partial charge in [0, 0.05) is 53.3 Å². The highest BCUT2D eigenvalue weighted by atomic mass is 16.6. The van der Waals surface area contributed by atoms with Crippen LogP contribution in [0.2, 0.25) is 0 Å². The van der Waals surface area contributed by atoms with Crippen LogP contribution in [-0.4, -0.2) is 23.3 Å². The second-order valence-electron chi connectivity index (χ2n) is 7.48. The van der Waals surface area contributed by atoms with Gasteiger partial charge in [-0.1, -0.05) is 18.2 Å². The van der Waals surface area contributed by atoms with Crippen LogP contribution in [0.15, 0.2) is 71.1 Å². The van der Waals surface area contributed by atoms with Crippen LogP contribution < -0.4 is 10.2 Å². The van der Waals surface area contributed by atoms with Gasteiger partial charge in [0.15, 0.2) is 0 Å². The molecule has 1 aliphatic heterocycles. The van der Waals surface area contributed by atoms with Gasteiger partial charge in [0.1, 0.15) is 11.2 Å². The maximum absolute atomic E-state index is 12.8. The molecule has 0 bridgehead atoms. The minimum absolute atomic E-state index is 0.0503. The summed E-state index contributed by atoms with van der Waals surface area (Å²) in [4.78, 5) is 37.0. The molecule has 1 fully saturated rings. The average molecular weight is 415 g/mol. The zero-order valence-corrected chi connectivity index (χ0v) is 16.3. The molecule has 8 nitrogen and oxygen atoms in total. The number of nitro benzene ring substituents is 1. The van der Waals surface area contributed by atoms with Gasteiger partial charge in [0.2, 0.25) is 11.8 Å². The molecule has 2 amide bonds. The number of carbonyl (C=O) groups is 2. The lowest BCUT2D eigenvalue weighted by molar-refractivity contribution is -0.384. The van der Waals surface area contributed by atoms with Crippen LogP contribution >= 0.6 is 0 Å². The molecule has 2 heterocycles. The van der Waals surface area contributed by atoms with Crippen LogP contribution in [0.3, 0.4) is 0 Å². The molecule has 0 unspecified atom stereocenters. The Balaban J connectivity index is 1.32. The molecule has 31 heavy (non-hydrogen) atoms. The van der Waals surface area contributed by atoms with Crippen molar-refractivity contribution in [1.82, 2.24) is 0 Å². The molecule has 0 spiro atoms. The molecular formula is C23H17N3O5. The summed E-state index contributed by atoms with van der Waals surface area (Å²) in [6, 6.07) is 18.9. The Labute approximate surface area is 176 Å². The van der Waals surface area contributed by atoms with Crippen LogP contribution in [-0.2, 0) is 9.59 Å². The molecule has 5 rings (SSSR count). The van der Waals surface area contributed by atoms with E-state index in [2.05, 4.69) is 5.32 Å². The second kappa shape index (κ2) is 7.24. The number of hydrogen-bond donors (Lipinski definition) is 1. The van der Waals surface area contributed by atoms with Crippen molar-refractivity contribution in [3.05, 3.63) is 76.8 Å². The predicted octanol–water partition coefficient (Wildman–Crippen LogP) is 4.49. The summed E-state index contributed by atoms with van der Waals surface area (Å²) in [6.45, 7) is 0.218. The van der Waals surface area contributed by atoms with E-state index in [4.69, 9.17) is 4.42 Å². The fraction of sp³-hybridized carbons (Fsp3) is 0.130. The molecule has 0 aliphatic carbocycles. The summed E-state index contributed by atoms with van der Waals surface area (Å²) in [7, 11) is 0. The number of furan rings is 1. The van der Waals surface area contributed by atoms with E-state index in [1.807, 2.05) is 36.4 Å². The van der Waals surface area contributed by atoms with Crippen molar-refractivity contribution in [3.63, 3.8) is 0 Å².